The molecule has 188 valence electrons. The highest BCUT2D eigenvalue weighted by molar-refractivity contribution is 6.23. The Hall–Kier alpha value is -3.21. The normalized spacial score (nSPS) is 30.3. The Morgan fingerprint density at radius 3 is 2.49 bits per heavy atom. The van der Waals surface area contributed by atoms with Crippen molar-refractivity contribution in [2.45, 2.75) is 51.4 Å². The number of phenolic OH excluding ortho intramolecular Hbond substituents is 1. The van der Waals surface area contributed by atoms with Crippen molar-refractivity contribution in [1.82, 2.24) is 5.32 Å². The zero-order valence-electron chi connectivity index (χ0n) is 19.7. The molecule has 0 spiro atoms. The van der Waals surface area contributed by atoms with Gasteiger partial charge >= 0.3 is 0 Å². The SMILES string of the molecule is CC(C)CNCc1ccc2c(c1O)C(O)=C1C(=O)[C@]3(O)C(O)=C(C(N)=O)C(=O)C[C@@H]3[C@@H](O)[C@@H]1[C@H]2C. The highest BCUT2D eigenvalue weighted by Gasteiger charge is 2.64. The molecule has 35 heavy (non-hydrogen) atoms. The number of primary amides is 1. The lowest BCUT2D eigenvalue weighted by Crippen LogP contribution is -2.63. The molecule has 1 saturated carbocycles. The van der Waals surface area contributed by atoms with Gasteiger partial charge in [-0.25, -0.2) is 0 Å². The third-order valence-corrected chi connectivity index (χ3v) is 7.45. The van der Waals surface area contributed by atoms with Gasteiger partial charge in [-0.2, -0.15) is 0 Å². The first-order valence-electron chi connectivity index (χ1n) is 11.5. The minimum Gasteiger partial charge on any atom is -0.508 e. The van der Waals surface area contributed by atoms with Crippen LogP contribution in [0.4, 0.5) is 0 Å². The number of hydrogen-bond acceptors (Lipinski definition) is 9. The molecule has 4 rings (SSSR count). The highest BCUT2D eigenvalue weighted by Crippen LogP contribution is 2.55. The number of rotatable bonds is 5. The maximum atomic E-state index is 13.6. The Morgan fingerprint density at radius 2 is 1.89 bits per heavy atom. The summed E-state index contributed by atoms with van der Waals surface area (Å²) in [6.45, 7) is 6.74. The number of carbonyl (C=O) groups excluding carboxylic acids is 3. The number of aliphatic hydroxyl groups is 4. The number of Topliss-reactive ketones (excluding diaryl/α,β-unsaturated/α-hetero) is 2. The van der Waals surface area contributed by atoms with Crippen LogP contribution in [0, 0.1) is 17.8 Å². The van der Waals surface area contributed by atoms with E-state index in [1.165, 1.54) is 0 Å². The average Bonchev–Trinajstić information content (AvgIpc) is 2.77. The molecule has 5 atom stereocenters. The molecule has 0 saturated heterocycles. The maximum Gasteiger partial charge on any atom is 0.255 e. The van der Waals surface area contributed by atoms with E-state index in [1.54, 1.807) is 19.1 Å². The van der Waals surface area contributed by atoms with Crippen LogP contribution in [0.25, 0.3) is 5.76 Å². The number of benzene rings is 1. The Labute approximate surface area is 201 Å². The maximum absolute atomic E-state index is 13.6. The number of phenols is 1. The fraction of sp³-hybridized carbons (Fsp3) is 0.480. The molecule has 1 aromatic rings. The summed E-state index contributed by atoms with van der Waals surface area (Å²) in [7, 11) is 0. The average molecular weight is 487 g/mol. The van der Waals surface area contributed by atoms with Gasteiger partial charge in [0, 0.05) is 35.9 Å². The second-order valence-corrected chi connectivity index (χ2v) is 10.0. The van der Waals surface area contributed by atoms with E-state index in [2.05, 4.69) is 5.32 Å². The molecule has 0 aliphatic heterocycles. The number of nitrogens with two attached hydrogens (primary N) is 1. The van der Waals surface area contributed by atoms with E-state index >= 15 is 0 Å². The van der Waals surface area contributed by atoms with Crippen molar-refractivity contribution in [3.8, 4) is 5.75 Å². The molecule has 3 aliphatic carbocycles. The van der Waals surface area contributed by atoms with Gasteiger partial charge in [0.2, 0.25) is 5.78 Å². The van der Waals surface area contributed by atoms with Crippen molar-refractivity contribution in [1.29, 1.82) is 0 Å². The van der Waals surface area contributed by atoms with Gasteiger partial charge in [0.1, 0.15) is 22.8 Å². The standard InChI is InChI=1S/C25H30N2O8/c1-9(2)7-27-8-11-4-5-12-10(3)15-18(21(31)16(12)19(11)29)23(33)25(35)13(20(15)30)6-14(28)17(22(25)32)24(26)34/h4-5,9-10,13,15,20,27,29-32,35H,6-8H2,1-3H3,(H2,26,34)/t10-,13+,15+,20+,25+/m0/s1. The van der Waals surface area contributed by atoms with Crippen molar-refractivity contribution in [2.24, 2.45) is 23.5 Å². The van der Waals surface area contributed by atoms with Gasteiger partial charge in [-0.1, -0.05) is 32.9 Å². The Morgan fingerprint density at radius 1 is 1.23 bits per heavy atom. The summed E-state index contributed by atoms with van der Waals surface area (Å²) in [5, 5.41) is 58.6. The van der Waals surface area contributed by atoms with Crippen LogP contribution in [0.2, 0.25) is 0 Å². The van der Waals surface area contributed by atoms with Crippen LogP contribution in [0.1, 0.15) is 49.8 Å². The Balaban J connectivity index is 1.88. The third-order valence-electron chi connectivity index (χ3n) is 7.45. The lowest BCUT2D eigenvalue weighted by Gasteiger charge is -2.50. The van der Waals surface area contributed by atoms with E-state index < -0.39 is 70.4 Å². The van der Waals surface area contributed by atoms with Crippen LogP contribution in [0.5, 0.6) is 5.75 Å². The number of aliphatic hydroxyl groups excluding tert-OH is 3. The molecule has 0 heterocycles. The van der Waals surface area contributed by atoms with Crippen molar-refractivity contribution < 1.29 is 39.9 Å². The molecule has 1 amide bonds. The van der Waals surface area contributed by atoms with Gasteiger partial charge in [-0.15, -0.1) is 0 Å². The number of carbonyl (C=O) groups is 3. The van der Waals surface area contributed by atoms with E-state index in [9.17, 15) is 39.9 Å². The summed E-state index contributed by atoms with van der Waals surface area (Å²) in [6.07, 6.45) is -2.13. The van der Waals surface area contributed by atoms with Gasteiger partial charge in [-0.05, 0) is 23.9 Å². The van der Waals surface area contributed by atoms with Crippen molar-refractivity contribution in [3.05, 3.63) is 45.7 Å². The molecular weight excluding hydrogens is 456 g/mol. The van der Waals surface area contributed by atoms with Crippen LogP contribution in [0.3, 0.4) is 0 Å². The fourth-order valence-electron chi connectivity index (χ4n) is 5.68. The van der Waals surface area contributed by atoms with Crippen LogP contribution >= 0.6 is 0 Å². The van der Waals surface area contributed by atoms with E-state index in [0.29, 0.717) is 30.1 Å². The quantitative estimate of drug-likeness (QED) is 0.294. The molecule has 0 bridgehead atoms. The first-order chi connectivity index (χ1) is 16.3. The summed E-state index contributed by atoms with van der Waals surface area (Å²) in [5.41, 5.74) is 2.02. The monoisotopic (exact) mass is 486 g/mol. The largest absolute Gasteiger partial charge is 0.508 e. The predicted molar refractivity (Wildman–Crippen MR) is 124 cm³/mol. The summed E-state index contributed by atoms with van der Waals surface area (Å²) < 4.78 is 0. The van der Waals surface area contributed by atoms with Gasteiger partial charge in [0.25, 0.3) is 5.91 Å². The smallest absolute Gasteiger partial charge is 0.255 e. The van der Waals surface area contributed by atoms with Gasteiger partial charge in [-0.3, -0.25) is 14.4 Å². The van der Waals surface area contributed by atoms with E-state index in [-0.39, 0.29) is 16.9 Å². The fourth-order valence-corrected chi connectivity index (χ4v) is 5.68. The van der Waals surface area contributed by atoms with Crippen LogP contribution in [0.15, 0.2) is 29.0 Å². The molecule has 0 radical (unpaired) electrons. The topological polar surface area (TPSA) is 190 Å². The first-order valence-corrected chi connectivity index (χ1v) is 11.5. The number of aromatic hydroxyl groups is 1. The molecule has 3 aliphatic rings. The molecule has 0 aromatic heterocycles. The first kappa shape index (κ1) is 24.9. The van der Waals surface area contributed by atoms with Gasteiger partial charge in [0.15, 0.2) is 11.4 Å². The molecule has 1 aromatic carbocycles. The summed E-state index contributed by atoms with van der Waals surface area (Å²) in [6, 6.07) is 3.40. The Kier molecular flexibility index (Phi) is 6.03. The van der Waals surface area contributed by atoms with E-state index in [1.807, 2.05) is 13.8 Å². The van der Waals surface area contributed by atoms with Crippen LogP contribution in [-0.2, 0) is 20.9 Å². The zero-order valence-corrected chi connectivity index (χ0v) is 19.7. The summed E-state index contributed by atoms with van der Waals surface area (Å²) in [4.78, 5) is 37.8. The Bertz CT molecular complexity index is 1200. The van der Waals surface area contributed by atoms with Crippen molar-refractivity contribution in [2.75, 3.05) is 6.54 Å². The second kappa shape index (κ2) is 8.47. The van der Waals surface area contributed by atoms with E-state index in [4.69, 9.17) is 5.73 Å². The number of nitrogens with one attached hydrogen (secondary N) is 1. The minimum atomic E-state index is -2.83. The zero-order chi connectivity index (χ0) is 26.0. The number of fused-ring (bicyclic) bond motifs is 3. The molecular formula is C25H30N2O8. The van der Waals surface area contributed by atoms with E-state index in [0.717, 1.165) is 0 Å². The van der Waals surface area contributed by atoms with Gasteiger partial charge in [0.05, 0.1) is 11.7 Å². The van der Waals surface area contributed by atoms with Gasteiger partial charge < -0.3 is 36.6 Å². The number of amides is 1. The predicted octanol–water partition coefficient (Wildman–Crippen LogP) is 0.701. The molecule has 10 heteroatoms. The minimum absolute atomic E-state index is 0.000627. The summed E-state index contributed by atoms with van der Waals surface area (Å²) >= 11 is 0. The lowest BCUT2D eigenvalue weighted by molar-refractivity contribution is -0.160. The molecule has 10 nitrogen and oxygen atoms in total. The highest BCUT2D eigenvalue weighted by atomic mass is 16.4. The van der Waals surface area contributed by atoms with Crippen molar-refractivity contribution >= 4 is 23.2 Å². The van der Waals surface area contributed by atoms with Crippen LogP contribution < -0.4 is 11.1 Å². The molecule has 1 fully saturated rings. The second-order valence-electron chi connectivity index (χ2n) is 10.0. The third kappa shape index (κ3) is 3.47. The molecule has 8 N–H and O–H groups in total. The van der Waals surface area contributed by atoms with Crippen molar-refractivity contribution in [3.63, 3.8) is 0 Å². The molecule has 0 unspecified atom stereocenters. The number of ketones is 2. The summed E-state index contributed by atoms with van der Waals surface area (Å²) in [5.74, 6) is -8.19. The van der Waals surface area contributed by atoms with Crippen LogP contribution in [-0.4, -0.2) is 61.3 Å². The number of hydrogen-bond donors (Lipinski definition) is 7. The lowest BCUT2D eigenvalue weighted by atomic mass is 9.55.